The first-order valence-electron chi connectivity index (χ1n) is 26.2. The van der Waals surface area contributed by atoms with Gasteiger partial charge in [0.1, 0.15) is 29.6 Å². The van der Waals surface area contributed by atoms with Gasteiger partial charge in [0.05, 0.1) is 41.6 Å². The molecule has 11 rings (SSSR count). The molecular formula is C54H61N10O11PS. The Morgan fingerprint density at radius 2 is 1.58 bits per heavy atom. The van der Waals surface area contributed by atoms with Crippen LogP contribution in [0.3, 0.4) is 0 Å². The summed E-state index contributed by atoms with van der Waals surface area (Å²) in [5, 5.41) is 14.2. The number of thiophene rings is 1. The predicted molar refractivity (Wildman–Crippen MR) is 286 cm³/mol. The Morgan fingerprint density at radius 1 is 0.805 bits per heavy atom. The Labute approximate surface area is 449 Å². The van der Waals surface area contributed by atoms with E-state index in [1.165, 1.54) is 16.0 Å². The fourth-order valence-corrected chi connectivity index (χ4v) is 14.3. The van der Waals surface area contributed by atoms with Crippen LogP contribution in [-0.2, 0) is 44.5 Å². The van der Waals surface area contributed by atoms with E-state index in [0.717, 1.165) is 92.7 Å². The van der Waals surface area contributed by atoms with E-state index in [2.05, 4.69) is 54.4 Å². The topological polar surface area (TPSA) is 252 Å². The van der Waals surface area contributed by atoms with Crippen molar-refractivity contribution in [1.29, 1.82) is 0 Å². The molecule has 0 spiro atoms. The predicted octanol–water partition coefficient (Wildman–Crippen LogP) is 6.06. The Kier molecular flexibility index (Phi) is 14.3. The lowest BCUT2D eigenvalue weighted by Gasteiger charge is -2.48. The number of imide groups is 2. The summed E-state index contributed by atoms with van der Waals surface area (Å²) in [5.74, 6) is -1.66. The Morgan fingerprint density at radius 3 is 2.32 bits per heavy atom. The number of hydrogen-bond acceptors (Lipinski definition) is 17. The number of piperazine rings is 1. The molecule has 5 amide bonds. The highest BCUT2D eigenvalue weighted by molar-refractivity contribution is 7.46. The van der Waals surface area contributed by atoms with Gasteiger partial charge in [-0.2, -0.15) is 0 Å². The minimum Gasteiger partial charge on any atom is -0.480 e. The van der Waals surface area contributed by atoms with Crippen molar-refractivity contribution in [2.45, 2.75) is 116 Å². The van der Waals surface area contributed by atoms with Crippen LogP contribution in [0, 0.1) is 0 Å². The van der Waals surface area contributed by atoms with Gasteiger partial charge < -0.3 is 34.7 Å². The number of fused-ring (bicyclic) bond motifs is 4. The van der Waals surface area contributed by atoms with Gasteiger partial charge in [-0.15, -0.1) is 11.3 Å². The van der Waals surface area contributed by atoms with Gasteiger partial charge >= 0.3 is 7.82 Å². The SMILES string of the molecule is COc1ncc(-c2ccnc(N3CCc4c(sc5c4CCCC5)C3=O)c2CO)cc1Nc1ccc(N2CCN(C3CCN(c4ccc5c(c4)C(=O)N(C4CCC(=O)N(C(C)OP(=O)(O)O)C4=O)C5=O)[C@@H](C)C3)C[C@@H]2C)cn1. The number of piperidine rings is 2. The van der Waals surface area contributed by atoms with Crippen LogP contribution in [0.15, 0.2) is 61.1 Å². The number of ether oxygens (including phenoxy) is 1. The average molecular weight is 1090 g/mol. The van der Waals surface area contributed by atoms with Crippen molar-refractivity contribution in [2.24, 2.45) is 0 Å². The first kappa shape index (κ1) is 52.4. The van der Waals surface area contributed by atoms with Crippen molar-refractivity contribution in [1.82, 2.24) is 29.7 Å². The maximum atomic E-state index is 14.0. The first-order chi connectivity index (χ1) is 37.0. The molecule has 0 saturated carbocycles. The number of nitrogens with zero attached hydrogens (tertiary/aromatic N) is 9. The molecule has 23 heteroatoms. The zero-order valence-electron chi connectivity index (χ0n) is 43.3. The summed E-state index contributed by atoms with van der Waals surface area (Å²) in [4.78, 5) is 113. The largest absolute Gasteiger partial charge is 0.480 e. The van der Waals surface area contributed by atoms with E-state index in [1.54, 1.807) is 47.9 Å². The van der Waals surface area contributed by atoms with Crippen LogP contribution in [0.4, 0.5) is 28.7 Å². The fourth-order valence-electron chi connectivity index (χ4n) is 12.4. The maximum absolute atomic E-state index is 14.0. The van der Waals surface area contributed by atoms with E-state index in [0.29, 0.717) is 63.9 Å². The number of carbonyl (C=O) groups is 5. The maximum Gasteiger partial charge on any atom is 0.471 e. The molecule has 0 bridgehead atoms. The van der Waals surface area contributed by atoms with Gasteiger partial charge in [-0.3, -0.25) is 48.1 Å². The smallest absolute Gasteiger partial charge is 0.471 e. The average Bonchev–Trinajstić information content (AvgIpc) is 4.00. The molecule has 6 aliphatic rings. The van der Waals surface area contributed by atoms with E-state index >= 15 is 0 Å². The third-order valence-electron chi connectivity index (χ3n) is 16.1. The molecule has 4 aromatic heterocycles. The molecule has 1 aromatic carbocycles. The zero-order chi connectivity index (χ0) is 54.0. The summed E-state index contributed by atoms with van der Waals surface area (Å²) >= 11 is 1.62. The van der Waals surface area contributed by atoms with Crippen molar-refractivity contribution in [2.75, 3.05) is 59.9 Å². The number of amides is 5. The monoisotopic (exact) mass is 1090 g/mol. The number of benzene rings is 1. The highest BCUT2D eigenvalue weighted by Crippen LogP contribution is 2.43. The van der Waals surface area contributed by atoms with Crippen molar-refractivity contribution in [3.05, 3.63) is 98.6 Å². The van der Waals surface area contributed by atoms with Gasteiger partial charge in [-0.1, -0.05) is 0 Å². The molecule has 3 saturated heterocycles. The number of aliphatic hydroxyl groups excluding tert-OH is 1. The second kappa shape index (κ2) is 21.0. The van der Waals surface area contributed by atoms with Gasteiger partial charge in [-0.25, -0.2) is 19.5 Å². The molecule has 3 unspecified atom stereocenters. The molecule has 5 aromatic rings. The van der Waals surface area contributed by atoms with Crippen LogP contribution in [0.1, 0.15) is 111 Å². The zero-order valence-corrected chi connectivity index (χ0v) is 45.0. The highest BCUT2D eigenvalue weighted by Gasteiger charge is 2.49. The number of phosphoric ester groups is 1. The number of phosphoric acid groups is 1. The van der Waals surface area contributed by atoms with Crippen molar-refractivity contribution in [3.63, 3.8) is 0 Å². The molecule has 77 heavy (non-hydrogen) atoms. The van der Waals surface area contributed by atoms with Gasteiger partial charge in [0.15, 0.2) is 0 Å². The van der Waals surface area contributed by atoms with E-state index in [1.807, 2.05) is 30.5 Å². The molecule has 9 heterocycles. The molecule has 5 aliphatic heterocycles. The van der Waals surface area contributed by atoms with E-state index < -0.39 is 43.7 Å². The quantitative estimate of drug-likeness (QED) is 0.0772. The summed E-state index contributed by atoms with van der Waals surface area (Å²) in [7, 11) is -3.51. The Bertz CT molecular complexity index is 3240. The van der Waals surface area contributed by atoms with E-state index in [9.17, 15) is 43.4 Å². The minimum absolute atomic E-state index is 0.0626. The second-order valence-corrected chi connectivity index (χ2v) is 23.0. The molecule has 21 nitrogen and oxygen atoms in total. The number of aromatic nitrogens is 3. The molecule has 1 aliphatic carbocycles. The van der Waals surface area contributed by atoms with Crippen LogP contribution >= 0.6 is 19.2 Å². The Hall–Kier alpha value is -6.65. The normalized spacial score (nSPS) is 22.6. The minimum atomic E-state index is -5.06. The van der Waals surface area contributed by atoms with Crippen molar-refractivity contribution < 1.29 is 52.7 Å². The van der Waals surface area contributed by atoms with E-state index in [4.69, 9.17) is 9.72 Å². The number of likely N-dealkylation sites (tertiary alicyclic amines) is 1. The summed E-state index contributed by atoms with van der Waals surface area (Å²) in [6.45, 7) is 8.90. The van der Waals surface area contributed by atoms with Crippen LogP contribution in [0.25, 0.3) is 11.1 Å². The highest BCUT2D eigenvalue weighted by atomic mass is 32.1. The molecule has 5 atom stereocenters. The number of rotatable bonds is 13. The number of methoxy groups -OCH3 is 1. The van der Waals surface area contributed by atoms with Crippen molar-refractivity contribution >= 4 is 77.4 Å². The number of aliphatic hydroxyl groups is 1. The molecule has 404 valence electrons. The first-order valence-corrected chi connectivity index (χ1v) is 28.6. The number of aryl methyl sites for hydroxylation is 1. The lowest BCUT2D eigenvalue weighted by atomic mass is 9.92. The van der Waals surface area contributed by atoms with Gasteiger partial charge in [0.25, 0.3) is 23.6 Å². The summed E-state index contributed by atoms with van der Waals surface area (Å²) < 4.78 is 21.8. The molecule has 3 fully saturated rings. The third-order valence-corrected chi connectivity index (χ3v) is 18.0. The van der Waals surface area contributed by atoms with Crippen LogP contribution < -0.4 is 24.8 Å². The second-order valence-electron chi connectivity index (χ2n) is 20.7. The van der Waals surface area contributed by atoms with Crippen molar-refractivity contribution in [3.8, 4) is 17.0 Å². The number of nitrogens with one attached hydrogen (secondary N) is 1. The standard InChI is InChI=1S/C54H61N10O11PS/c1-30-23-34(16-19-60(30)35-9-11-40-41(25-35)52(68)64(51(40)67)44-12-14-47(66)63(53(44)69)32(3)75-76(71,72)73)59-21-22-61(31(2)28-59)36-10-13-46(56-27-36)58-43-24-33(26-57-50(43)74-4)37-15-18-55-49(42(37)29-65)62-20-17-39-38-7-5-6-8-45(38)77-48(39)54(62)70/h9-11,13,15,18,24-27,30-32,34,44,65H,5-8,12,14,16-17,19-23,28-29H2,1-4H3,(H,56,58)(H2,71,72,73)/t30-,31-,32?,34?,44?/m0/s1. The van der Waals surface area contributed by atoms with Crippen LogP contribution in [0.2, 0.25) is 0 Å². The lowest BCUT2D eigenvalue weighted by molar-refractivity contribution is -0.161. The van der Waals surface area contributed by atoms with Gasteiger partial charge in [0.2, 0.25) is 11.8 Å². The number of pyridine rings is 3. The van der Waals surface area contributed by atoms with E-state index in [-0.39, 0.29) is 48.6 Å². The summed E-state index contributed by atoms with van der Waals surface area (Å²) in [5.41, 5.74) is 7.18. The molecule has 0 radical (unpaired) electrons. The van der Waals surface area contributed by atoms with Gasteiger partial charge in [0, 0.05) is 91.4 Å². The van der Waals surface area contributed by atoms with Gasteiger partial charge in [-0.05, 0) is 131 Å². The van der Waals surface area contributed by atoms with Crippen LogP contribution in [0.5, 0.6) is 5.88 Å². The fraction of sp³-hybridized carbons (Fsp3) is 0.444. The number of anilines is 5. The number of hydrogen-bond donors (Lipinski definition) is 4. The lowest BCUT2D eigenvalue weighted by Crippen LogP contribution is -2.58. The molecular weight excluding hydrogens is 1030 g/mol. The third kappa shape index (κ3) is 9.78. The molecule has 4 N–H and O–H groups in total. The number of carbonyl (C=O) groups excluding carboxylic acids is 5. The Balaban J connectivity index is 0.712. The summed E-state index contributed by atoms with van der Waals surface area (Å²) in [6, 6.07) is 12.1. The summed E-state index contributed by atoms with van der Waals surface area (Å²) in [6.07, 6.45) is 10.1. The van der Waals surface area contributed by atoms with Crippen LogP contribution in [-0.4, -0.2) is 144 Å².